The second-order valence-electron chi connectivity index (χ2n) is 9.37. The summed E-state index contributed by atoms with van der Waals surface area (Å²) < 4.78 is 4.73. The van der Waals surface area contributed by atoms with E-state index in [-0.39, 0.29) is 0 Å². The molecule has 0 unspecified atom stereocenters. The Balaban J connectivity index is 1.71. The lowest BCUT2D eigenvalue weighted by atomic mass is 9.94. The summed E-state index contributed by atoms with van der Waals surface area (Å²) in [6.45, 7) is 6.81. The third-order valence-corrected chi connectivity index (χ3v) is 7.00. The first-order valence-electron chi connectivity index (χ1n) is 12.4. The molecule has 3 nitrogen and oxygen atoms in total. The van der Waals surface area contributed by atoms with Gasteiger partial charge >= 0.3 is 0 Å². The van der Waals surface area contributed by atoms with Crippen molar-refractivity contribution in [2.45, 2.75) is 33.1 Å². The van der Waals surface area contributed by atoms with Crippen molar-refractivity contribution in [3.63, 3.8) is 0 Å². The van der Waals surface area contributed by atoms with E-state index in [4.69, 9.17) is 4.98 Å². The summed E-state index contributed by atoms with van der Waals surface area (Å²) >= 11 is 0. The highest BCUT2D eigenvalue weighted by Gasteiger charge is 2.22. The normalized spacial score (nSPS) is 11.7. The third-order valence-electron chi connectivity index (χ3n) is 7.00. The molecule has 0 aliphatic carbocycles. The molecule has 0 saturated heterocycles. The highest BCUT2D eigenvalue weighted by molar-refractivity contribution is 6.09. The predicted octanol–water partition coefficient (Wildman–Crippen LogP) is 8.32. The molecule has 6 rings (SSSR count). The van der Waals surface area contributed by atoms with Crippen molar-refractivity contribution in [3.05, 3.63) is 115 Å². The number of fused-ring (bicyclic) bond motifs is 3. The van der Waals surface area contributed by atoms with Gasteiger partial charge in [0, 0.05) is 34.3 Å². The van der Waals surface area contributed by atoms with E-state index in [9.17, 15) is 0 Å². The molecule has 4 aromatic carbocycles. The minimum atomic E-state index is 0.383. The van der Waals surface area contributed by atoms with Gasteiger partial charge in [-0.25, -0.2) is 4.98 Å². The highest BCUT2D eigenvalue weighted by Crippen LogP contribution is 2.38. The number of hydrogen-bond acceptors (Lipinski definition) is 1. The minimum absolute atomic E-state index is 0.383. The van der Waals surface area contributed by atoms with Crippen LogP contribution in [0.25, 0.3) is 44.6 Å². The molecule has 172 valence electrons. The van der Waals surface area contributed by atoms with E-state index in [2.05, 4.69) is 127 Å². The van der Waals surface area contributed by atoms with Gasteiger partial charge in [0.25, 0.3) is 0 Å². The number of benzene rings is 4. The van der Waals surface area contributed by atoms with Crippen molar-refractivity contribution in [3.8, 4) is 22.8 Å². The molecule has 0 aliphatic rings. The fourth-order valence-electron chi connectivity index (χ4n) is 5.42. The Hall–Kier alpha value is -4.11. The average molecular weight is 456 g/mol. The van der Waals surface area contributed by atoms with Crippen LogP contribution >= 0.6 is 0 Å². The molecule has 0 atom stereocenters. The first-order chi connectivity index (χ1) is 17.2. The van der Waals surface area contributed by atoms with Crippen LogP contribution in [-0.2, 0) is 6.42 Å². The maximum Gasteiger partial charge on any atom is 0.144 e. The lowest BCUT2D eigenvalue weighted by Crippen LogP contribution is -2.10. The molecule has 2 aromatic heterocycles. The van der Waals surface area contributed by atoms with Crippen LogP contribution < -0.4 is 0 Å². The van der Waals surface area contributed by atoms with Gasteiger partial charge in [-0.15, -0.1) is 0 Å². The summed E-state index contributed by atoms with van der Waals surface area (Å²) in [5.74, 6) is 1.36. The Morgan fingerprint density at radius 1 is 0.743 bits per heavy atom. The second-order valence-corrected chi connectivity index (χ2v) is 9.37. The van der Waals surface area contributed by atoms with Crippen LogP contribution in [-0.4, -0.2) is 14.1 Å². The Morgan fingerprint density at radius 2 is 1.37 bits per heavy atom. The van der Waals surface area contributed by atoms with E-state index in [0.717, 1.165) is 17.8 Å². The van der Waals surface area contributed by atoms with Crippen LogP contribution in [0.2, 0.25) is 0 Å². The zero-order valence-electron chi connectivity index (χ0n) is 20.4. The van der Waals surface area contributed by atoms with Crippen molar-refractivity contribution in [1.29, 1.82) is 0 Å². The molecule has 6 aromatic rings. The molecule has 0 fully saturated rings. The average Bonchev–Trinajstić information content (AvgIpc) is 3.51. The highest BCUT2D eigenvalue weighted by atomic mass is 15.1. The minimum Gasteiger partial charge on any atom is -0.309 e. The monoisotopic (exact) mass is 455 g/mol. The van der Waals surface area contributed by atoms with Gasteiger partial charge in [-0.2, -0.15) is 0 Å². The van der Waals surface area contributed by atoms with Crippen LogP contribution in [0.1, 0.15) is 37.8 Å². The third kappa shape index (κ3) is 3.38. The maximum absolute atomic E-state index is 4.79. The van der Waals surface area contributed by atoms with Gasteiger partial charge in [0.15, 0.2) is 0 Å². The molecular weight excluding hydrogens is 426 g/mol. The lowest BCUT2D eigenvalue weighted by Gasteiger charge is -2.23. The van der Waals surface area contributed by atoms with Crippen LogP contribution in [0, 0.1) is 0 Å². The molecule has 0 radical (unpaired) electrons. The Bertz CT molecular complexity index is 1600. The summed E-state index contributed by atoms with van der Waals surface area (Å²) in [5, 5.41) is 2.57. The van der Waals surface area contributed by atoms with Gasteiger partial charge in [-0.05, 0) is 36.1 Å². The molecule has 0 saturated carbocycles. The van der Waals surface area contributed by atoms with Gasteiger partial charge < -0.3 is 4.57 Å². The van der Waals surface area contributed by atoms with Gasteiger partial charge in [-0.3, -0.25) is 4.57 Å². The van der Waals surface area contributed by atoms with Gasteiger partial charge in [0.1, 0.15) is 5.82 Å². The molecule has 0 aliphatic heterocycles. The second kappa shape index (κ2) is 8.59. The number of nitrogens with zero attached hydrogens (tertiary/aromatic N) is 3. The van der Waals surface area contributed by atoms with Crippen molar-refractivity contribution < 1.29 is 0 Å². The predicted molar refractivity (Wildman–Crippen MR) is 147 cm³/mol. The van der Waals surface area contributed by atoms with Crippen molar-refractivity contribution in [1.82, 2.24) is 14.1 Å². The van der Waals surface area contributed by atoms with Crippen LogP contribution in [0.4, 0.5) is 0 Å². The SMILES string of the molecule is CCc1c(-n2c3ccccc3c3ccccc32)ccc(C(C)C)c1-n1ccnc1-c1ccccc1. The van der Waals surface area contributed by atoms with Gasteiger partial charge in [0.05, 0.1) is 22.4 Å². The first kappa shape index (κ1) is 21.4. The van der Waals surface area contributed by atoms with Crippen molar-refractivity contribution in [2.24, 2.45) is 0 Å². The summed E-state index contributed by atoms with van der Waals surface area (Å²) in [7, 11) is 0. The van der Waals surface area contributed by atoms with E-state index in [0.29, 0.717) is 5.92 Å². The quantitative estimate of drug-likeness (QED) is 0.256. The molecule has 0 N–H and O–H groups in total. The molecule has 35 heavy (non-hydrogen) atoms. The van der Waals surface area contributed by atoms with E-state index in [1.54, 1.807) is 0 Å². The smallest absolute Gasteiger partial charge is 0.144 e. The van der Waals surface area contributed by atoms with E-state index >= 15 is 0 Å². The molecular formula is C32H29N3. The van der Waals surface area contributed by atoms with E-state index in [1.165, 1.54) is 44.3 Å². The summed E-state index contributed by atoms with van der Waals surface area (Å²) in [6.07, 6.45) is 4.94. The maximum atomic E-state index is 4.79. The van der Waals surface area contributed by atoms with Crippen LogP contribution in [0.5, 0.6) is 0 Å². The number of para-hydroxylation sites is 2. The number of hydrogen-bond donors (Lipinski definition) is 0. The molecule has 2 heterocycles. The first-order valence-corrected chi connectivity index (χ1v) is 12.4. The van der Waals surface area contributed by atoms with Crippen molar-refractivity contribution >= 4 is 21.8 Å². The number of rotatable bonds is 5. The zero-order valence-corrected chi connectivity index (χ0v) is 20.4. The summed E-state index contributed by atoms with van der Waals surface area (Å²) in [5.41, 5.74) is 8.74. The summed E-state index contributed by atoms with van der Waals surface area (Å²) in [4.78, 5) is 4.79. The van der Waals surface area contributed by atoms with E-state index in [1.807, 2.05) is 6.20 Å². The topological polar surface area (TPSA) is 22.8 Å². The fourth-order valence-corrected chi connectivity index (χ4v) is 5.42. The largest absolute Gasteiger partial charge is 0.309 e. The van der Waals surface area contributed by atoms with Crippen LogP contribution in [0.3, 0.4) is 0 Å². The van der Waals surface area contributed by atoms with E-state index < -0.39 is 0 Å². The standard InChI is InChI=1S/C32H29N3/c1-4-24-30(35-28-16-10-8-14-26(28)27-15-9-11-17-29(27)35)19-18-25(22(2)3)31(24)34-21-20-33-32(34)23-12-6-5-7-13-23/h5-22H,4H2,1-3H3. The Labute approximate surface area is 206 Å². The lowest BCUT2D eigenvalue weighted by molar-refractivity contribution is 0.836. The molecule has 0 amide bonds. The number of aromatic nitrogens is 3. The van der Waals surface area contributed by atoms with Crippen LogP contribution in [0.15, 0.2) is 103 Å². The molecule has 3 heteroatoms. The summed E-state index contributed by atoms with van der Waals surface area (Å²) in [6, 6.07) is 32.6. The van der Waals surface area contributed by atoms with Crippen molar-refractivity contribution in [2.75, 3.05) is 0 Å². The molecule has 0 bridgehead atoms. The van der Waals surface area contributed by atoms with Gasteiger partial charge in [0.2, 0.25) is 0 Å². The Kier molecular flexibility index (Phi) is 5.26. The molecule has 0 spiro atoms. The fraction of sp³-hybridized carbons (Fsp3) is 0.156. The van der Waals surface area contributed by atoms with Gasteiger partial charge in [-0.1, -0.05) is 93.6 Å². The Morgan fingerprint density at radius 3 is 2.00 bits per heavy atom. The zero-order chi connectivity index (χ0) is 23.9. The number of imidazole rings is 1.